The van der Waals surface area contributed by atoms with Crippen LogP contribution in [0, 0.1) is 17.8 Å². The van der Waals surface area contributed by atoms with Crippen molar-refractivity contribution in [1.29, 1.82) is 0 Å². The van der Waals surface area contributed by atoms with Gasteiger partial charge in [0, 0.05) is 11.5 Å². The third kappa shape index (κ3) is 4.70. The van der Waals surface area contributed by atoms with Crippen LogP contribution in [-0.2, 0) is 0 Å². The maximum absolute atomic E-state index is 3.39. The van der Waals surface area contributed by atoms with E-state index in [0.717, 1.165) is 5.56 Å². The van der Waals surface area contributed by atoms with Gasteiger partial charge in [0.25, 0.3) is 0 Å². The van der Waals surface area contributed by atoms with Gasteiger partial charge >= 0.3 is 0 Å². The third-order valence-corrected chi connectivity index (χ3v) is 2.47. The van der Waals surface area contributed by atoms with Gasteiger partial charge in [-0.1, -0.05) is 56.7 Å². The molecule has 0 fully saturated rings. The van der Waals surface area contributed by atoms with E-state index in [2.05, 4.69) is 37.8 Å². The van der Waals surface area contributed by atoms with Crippen molar-refractivity contribution in [2.75, 3.05) is 0 Å². The molecule has 1 aromatic carbocycles. The SMILES string of the molecule is CCCC(C#Cc1ccccc1)CCC. The summed E-state index contributed by atoms with van der Waals surface area (Å²) in [6.45, 7) is 4.46. The molecule has 0 atom stereocenters. The largest absolute Gasteiger partial charge is 0.0945 e. The van der Waals surface area contributed by atoms with Crippen molar-refractivity contribution in [1.82, 2.24) is 0 Å². The molecule has 0 radical (unpaired) electrons. The summed E-state index contributed by atoms with van der Waals surface area (Å²) in [6.07, 6.45) is 4.92. The molecule has 0 spiro atoms. The molecular formula is C15H20. The summed E-state index contributed by atoms with van der Waals surface area (Å²) in [5, 5.41) is 0. The van der Waals surface area contributed by atoms with Gasteiger partial charge in [-0.15, -0.1) is 0 Å². The topological polar surface area (TPSA) is 0 Å². The Morgan fingerprint density at radius 2 is 1.60 bits per heavy atom. The zero-order chi connectivity index (χ0) is 10.9. The maximum Gasteiger partial charge on any atom is 0.0245 e. The lowest BCUT2D eigenvalue weighted by atomic mass is 9.98. The molecule has 1 rings (SSSR count). The van der Waals surface area contributed by atoms with Gasteiger partial charge in [-0.2, -0.15) is 0 Å². The molecule has 0 heteroatoms. The maximum atomic E-state index is 3.39. The van der Waals surface area contributed by atoms with E-state index in [1.54, 1.807) is 0 Å². The molecule has 0 aliphatic heterocycles. The van der Waals surface area contributed by atoms with Gasteiger partial charge < -0.3 is 0 Å². The lowest BCUT2D eigenvalue weighted by Gasteiger charge is -2.06. The van der Waals surface area contributed by atoms with E-state index >= 15 is 0 Å². The smallest absolute Gasteiger partial charge is 0.0245 e. The Kier molecular flexibility index (Phi) is 5.63. The van der Waals surface area contributed by atoms with Crippen LogP contribution in [0.25, 0.3) is 0 Å². The third-order valence-electron chi connectivity index (χ3n) is 2.47. The van der Waals surface area contributed by atoms with Crippen LogP contribution in [0.15, 0.2) is 30.3 Å². The summed E-state index contributed by atoms with van der Waals surface area (Å²) >= 11 is 0. The van der Waals surface area contributed by atoms with Crippen molar-refractivity contribution in [2.24, 2.45) is 5.92 Å². The van der Waals surface area contributed by atoms with Crippen LogP contribution in [0.4, 0.5) is 0 Å². The Bertz CT molecular complexity index is 307. The number of hydrogen-bond acceptors (Lipinski definition) is 0. The van der Waals surface area contributed by atoms with Gasteiger partial charge in [-0.05, 0) is 25.0 Å². The van der Waals surface area contributed by atoms with Crippen molar-refractivity contribution in [3.63, 3.8) is 0 Å². The molecule has 0 nitrogen and oxygen atoms in total. The van der Waals surface area contributed by atoms with Crippen LogP contribution in [0.3, 0.4) is 0 Å². The first-order valence-electron chi connectivity index (χ1n) is 5.93. The first-order chi connectivity index (χ1) is 7.36. The molecule has 0 saturated carbocycles. The fourth-order valence-electron chi connectivity index (χ4n) is 1.69. The zero-order valence-electron chi connectivity index (χ0n) is 9.79. The molecule has 0 aliphatic carbocycles. The van der Waals surface area contributed by atoms with Crippen LogP contribution >= 0.6 is 0 Å². The first-order valence-corrected chi connectivity index (χ1v) is 5.93. The standard InChI is InChI=1S/C15H20/c1-3-8-14(9-4-2)12-13-15-10-6-5-7-11-15/h5-7,10-11,14H,3-4,8-9H2,1-2H3. The average molecular weight is 200 g/mol. The van der Waals surface area contributed by atoms with Crippen LogP contribution in [0.1, 0.15) is 45.1 Å². The summed E-state index contributed by atoms with van der Waals surface area (Å²) in [7, 11) is 0. The molecular weight excluding hydrogens is 180 g/mol. The Morgan fingerprint density at radius 1 is 1.00 bits per heavy atom. The number of hydrogen-bond donors (Lipinski definition) is 0. The van der Waals surface area contributed by atoms with Crippen molar-refractivity contribution in [2.45, 2.75) is 39.5 Å². The predicted molar refractivity (Wildman–Crippen MR) is 66.6 cm³/mol. The Hall–Kier alpha value is -1.22. The van der Waals surface area contributed by atoms with E-state index in [-0.39, 0.29) is 0 Å². The quantitative estimate of drug-likeness (QED) is 0.637. The van der Waals surface area contributed by atoms with Gasteiger partial charge in [-0.3, -0.25) is 0 Å². The Morgan fingerprint density at radius 3 is 2.13 bits per heavy atom. The molecule has 1 aromatic rings. The second-order valence-corrected chi connectivity index (χ2v) is 3.91. The second kappa shape index (κ2) is 7.12. The summed E-state index contributed by atoms with van der Waals surface area (Å²) < 4.78 is 0. The fourth-order valence-corrected chi connectivity index (χ4v) is 1.69. The second-order valence-electron chi connectivity index (χ2n) is 3.91. The van der Waals surface area contributed by atoms with E-state index in [0.29, 0.717) is 5.92 Å². The van der Waals surface area contributed by atoms with E-state index in [4.69, 9.17) is 0 Å². The first kappa shape index (κ1) is 11.9. The van der Waals surface area contributed by atoms with Crippen molar-refractivity contribution < 1.29 is 0 Å². The molecule has 80 valence electrons. The average Bonchev–Trinajstić information content (AvgIpc) is 2.28. The Labute approximate surface area is 93.7 Å². The normalized spacial score (nSPS) is 9.80. The van der Waals surface area contributed by atoms with E-state index in [9.17, 15) is 0 Å². The highest BCUT2D eigenvalue weighted by Gasteiger charge is 2.01. The van der Waals surface area contributed by atoms with Crippen LogP contribution in [-0.4, -0.2) is 0 Å². The van der Waals surface area contributed by atoms with Crippen LogP contribution < -0.4 is 0 Å². The molecule has 0 heterocycles. The summed E-state index contributed by atoms with van der Waals surface area (Å²) in [5.74, 6) is 7.24. The summed E-state index contributed by atoms with van der Waals surface area (Å²) in [4.78, 5) is 0. The van der Waals surface area contributed by atoms with E-state index in [1.165, 1.54) is 25.7 Å². The molecule has 0 amide bonds. The Balaban J connectivity index is 2.60. The van der Waals surface area contributed by atoms with Gasteiger partial charge in [-0.25, -0.2) is 0 Å². The monoisotopic (exact) mass is 200 g/mol. The fraction of sp³-hybridized carbons (Fsp3) is 0.467. The minimum atomic E-state index is 0.584. The van der Waals surface area contributed by atoms with Gasteiger partial charge in [0.05, 0.1) is 0 Å². The van der Waals surface area contributed by atoms with Gasteiger partial charge in [0.15, 0.2) is 0 Å². The van der Waals surface area contributed by atoms with Crippen LogP contribution in [0.2, 0.25) is 0 Å². The molecule has 0 aromatic heterocycles. The minimum Gasteiger partial charge on any atom is -0.0945 e. The number of rotatable bonds is 4. The molecule has 15 heavy (non-hydrogen) atoms. The number of benzene rings is 1. The van der Waals surface area contributed by atoms with E-state index in [1.807, 2.05) is 18.2 Å². The highest BCUT2D eigenvalue weighted by molar-refractivity contribution is 5.34. The molecule has 0 aliphatic rings. The summed E-state index contributed by atoms with van der Waals surface area (Å²) in [6, 6.07) is 10.3. The lowest BCUT2D eigenvalue weighted by Crippen LogP contribution is -1.95. The highest BCUT2D eigenvalue weighted by Crippen LogP contribution is 2.12. The van der Waals surface area contributed by atoms with Crippen LogP contribution in [0.5, 0.6) is 0 Å². The minimum absolute atomic E-state index is 0.584. The predicted octanol–water partition coefficient (Wildman–Crippen LogP) is 4.25. The molecule has 0 bridgehead atoms. The van der Waals surface area contributed by atoms with E-state index < -0.39 is 0 Å². The van der Waals surface area contributed by atoms with Gasteiger partial charge in [0.1, 0.15) is 0 Å². The summed E-state index contributed by atoms with van der Waals surface area (Å²) in [5.41, 5.74) is 1.13. The molecule has 0 unspecified atom stereocenters. The van der Waals surface area contributed by atoms with Gasteiger partial charge in [0.2, 0.25) is 0 Å². The highest BCUT2D eigenvalue weighted by atomic mass is 14.0. The van der Waals surface area contributed by atoms with Crippen molar-refractivity contribution in [3.8, 4) is 11.8 Å². The lowest BCUT2D eigenvalue weighted by molar-refractivity contribution is 0.546. The van der Waals surface area contributed by atoms with Crippen molar-refractivity contribution >= 4 is 0 Å². The van der Waals surface area contributed by atoms with Crippen molar-refractivity contribution in [3.05, 3.63) is 35.9 Å². The zero-order valence-corrected chi connectivity index (χ0v) is 9.79. The molecule has 0 saturated heterocycles. The molecule has 0 N–H and O–H groups in total.